The molecule has 108 valence electrons. The van der Waals surface area contributed by atoms with Crippen LogP contribution in [0.4, 0.5) is 0 Å². The maximum atomic E-state index is 3.25. The van der Waals surface area contributed by atoms with Gasteiger partial charge in [0.2, 0.25) is 0 Å². The van der Waals surface area contributed by atoms with E-state index in [1.54, 1.807) is 0 Å². The zero-order valence-electron chi connectivity index (χ0n) is 12.0. The standard InChI is InChI=1S/C17H21NS.ClH/c1-14-8-6-7-11-16(14)19-17(12-13-18-2)15-9-4-3-5-10-15;/h3-11,17-18H,12-13H2,1-2H3;1H/t17-;/m1./s1. The fraction of sp³-hybridized carbons (Fsp3) is 0.294. The molecular weight excluding hydrogens is 286 g/mol. The predicted molar refractivity (Wildman–Crippen MR) is 92.0 cm³/mol. The fourth-order valence-electron chi connectivity index (χ4n) is 2.08. The topological polar surface area (TPSA) is 12.0 Å². The van der Waals surface area contributed by atoms with E-state index in [9.17, 15) is 0 Å². The number of rotatable bonds is 6. The molecule has 0 amide bonds. The number of nitrogens with one attached hydrogen (secondary N) is 1. The Bertz CT molecular complexity index is 501. The van der Waals surface area contributed by atoms with Crippen LogP contribution in [-0.2, 0) is 0 Å². The van der Waals surface area contributed by atoms with E-state index in [1.807, 2.05) is 18.8 Å². The van der Waals surface area contributed by atoms with Crippen LogP contribution < -0.4 is 5.32 Å². The summed E-state index contributed by atoms with van der Waals surface area (Å²) in [6.45, 7) is 3.22. The van der Waals surface area contributed by atoms with Crippen LogP contribution in [0.5, 0.6) is 0 Å². The van der Waals surface area contributed by atoms with Gasteiger partial charge in [-0.3, -0.25) is 0 Å². The van der Waals surface area contributed by atoms with Crippen molar-refractivity contribution in [3.05, 3.63) is 65.7 Å². The number of hydrogen-bond donors (Lipinski definition) is 1. The van der Waals surface area contributed by atoms with Crippen LogP contribution in [0, 0.1) is 6.92 Å². The minimum atomic E-state index is 0. The lowest BCUT2D eigenvalue weighted by Crippen LogP contribution is -2.10. The van der Waals surface area contributed by atoms with Crippen molar-refractivity contribution in [2.75, 3.05) is 13.6 Å². The van der Waals surface area contributed by atoms with E-state index in [0.29, 0.717) is 5.25 Å². The summed E-state index contributed by atoms with van der Waals surface area (Å²) in [4.78, 5) is 1.38. The molecule has 0 aliphatic carbocycles. The monoisotopic (exact) mass is 307 g/mol. The van der Waals surface area contributed by atoms with E-state index in [2.05, 4.69) is 66.8 Å². The van der Waals surface area contributed by atoms with E-state index >= 15 is 0 Å². The molecule has 1 atom stereocenters. The summed E-state index contributed by atoms with van der Waals surface area (Å²) in [6.07, 6.45) is 1.14. The molecule has 0 aromatic heterocycles. The number of benzene rings is 2. The van der Waals surface area contributed by atoms with Gasteiger partial charge >= 0.3 is 0 Å². The zero-order valence-corrected chi connectivity index (χ0v) is 13.6. The third-order valence-electron chi connectivity index (χ3n) is 3.19. The first kappa shape index (κ1) is 17.1. The quantitative estimate of drug-likeness (QED) is 0.765. The smallest absolute Gasteiger partial charge is 0.0356 e. The third-order valence-corrected chi connectivity index (χ3v) is 4.70. The number of aryl methyl sites for hydroxylation is 1. The normalized spacial score (nSPS) is 11.7. The maximum Gasteiger partial charge on any atom is 0.0356 e. The fourth-order valence-corrected chi connectivity index (χ4v) is 3.33. The van der Waals surface area contributed by atoms with Crippen molar-refractivity contribution in [3.63, 3.8) is 0 Å². The van der Waals surface area contributed by atoms with E-state index in [1.165, 1.54) is 16.0 Å². The first-order valence-corrected chi connectivity index (χ1v) is 7.61. The molecule has 0 unspecified atom stereocenters. The lowest BCUT2D eigenvalue weighted by Gasteiger charge is -2.18. The van der Waals surface area contributed by atoms with E-state index in [-0.39, 0.29) is 12.4 Å². The van der Waals surface area contributed by atoms with Gasteiger partial charge in [0.05, 0.1) is 0 Å². The highest BCUT2D eigenvalue weighted by Crippen LogP contribution is 2.38. The van der Waals surface area contributed by atoms with Crippen LogP contribution in [0.25, 0.3) is 0 Å². The summed E-state index contributed by atoms with van der Waals surface area (Å²) in [6, 6.07) is 19.4. The molecule has 1 nitrogen and oxygen atoms in total. The van der Waals surface area contributed by atoms with Crippen molar-refractivity contribution in [1.82, 2.24) is 5.32 Å². The van der Waals surface area contributed by atoms with Gasteiger partial charge in [-0.05, 0) is 44.1 Å². The average Bonchev–Trinajstić information content (AvgIpc) is 2.46. The Morgan fingerprint density at radius 3 is 2.30 bits per heavy atom. The van der Waals surface area contributed by atoms with Gasteiger partial charge in [0.1, 0.15) is 0 Å². The number of hydrogen-bond acceptors (Lipinski definition) is 2. The Balaban J connectivity index is 0.00000200. The minimum Gasteiger partial charge on any atom is -0.320 e. The van der Waals surface area contributed by atoms with Gasteiger partial charge in [-0.2, -0.15) is 0 Å². The third kappa shape index (κ3) is 4.86. The Kier molecular flexibility index (Phi) is 7.75. The summed E-state index contributed by atoms with van der Waals surface area (Å²) in [5, 5.41) is 3.76. The van der Waals surface area contributed by atoms with Gasteiger partial charge in [-0.15, -0.1) is 24.2 Å². The van der Waals surface area contributed by atoms with Crippen molar-refractivity contribution in [2.45, 2.75) is 23.5 Å². The van der Waals surface area contributed by atoms with Crippen molar-refractivity contribution >= 4 is 24.2 Å². The molecule has 0 heterocycles. The summed E-state index contributed by atoms with van der Waals surface area (Å²) in [7, 11) is 2.01. The zero-order chi connectivity index (χ0) is 13.5. The molecule has 2 aromatic carbocycles. The maximum absolute atomic E-state index is 3.25. The lowest BCUT2D eigenvalue weighted by molar-refractivity contribution is 0.714. The van der Waals surface area contributed by atoms with E-state index < -0.39 is 0 Å². The molecule has 0 aliphatic rings. The van der Waals surface area contributed by atoms with E-state index in [4.69, 9.17) is 0 Å². The van der Waals surface area contributed by atoms with Crippen molar-refractivity contribution < 1.29 is 0 Å². The number of halogens is 1. The molecule has 0 spiro atoms. The lowest BCUT2D eigenvalue weighted by atomic mass is 10.1. The Hall–Kier alpha value is -0.960. The van der Waals surface area contributed by atoms with Gasteiger partial charge in [-0.25, -0.2) is 0 Å². The Morgan fingerprint density at radius 2 is 1.65 bits per heavy atom. The van der Waals surface area contributed by atoms with Crippen LogP contribution >= 0.6 is 24.2 Å². The molecule has 3 heteroatoms. The van der Waals surface area contributed by atoms with Gasteiger partial charge in [0, 0.05) is 10.1 Å². The summed E-state index contributed by atoms with van der Waals surface area (Å²) in [5.41, 5.74) is 2.77. The Morgan fingerprint density at radius 1 is 1.00 bits per heavy atom. The summed E-state index contributed by atoms with van der Waals surface area (Å²) >= 11 is 1.97. The molecule has 0 saturated carbocycles. The first-order chi connectivity index (χ1) is 9.31. The highest BCUT2D eigenvalue weighted by Gasteiger charge is 2.13. The largest absolute Gasteiger partial charge is 0.320 e. The van der Waals surface area contributed by atoms with E-state index in [0.717, 1.165) is 13.0 Å². The highest BCUT2D eigenvalue weighted by atomic mass is 35.5. The SMILES string of the molecule is CNCC[C@@H](Sc1ccccc1C)c1ccccc1.Cl. The molecule has 0 bridgehead atoms. The van der Waals surface area contributed by atoms with Crippen LogP contribution in [-0.4, -0.2) is 13.6 Å². The second kappa shape index (κ2) is 9.06. The van der Waals surface area contributed by atoms with Crippen LogP contribution in [0.1, 0.15) is 22.8 Å². The van der Waals surface area contributed by atoms with Crippen molar-refractivity contribution in [1.29, 1.82) is 0 Å². The summed E-state index contributed by atoms with van der Waals surface area (Å²) < 4.78 is 0. The van der Waals surface area contributed by atoms with Crippen molar-refractivity contribution in [3.8, 4) is 0 Å². The molecule has 1 N–H and O–H groups in total. The van der Waals surface area contributed by atoms with Gasteiger partial charge < -0.3 is 5.32 Å². The second-order valence-corrected chi connectivity index (χ2v) is 5.92. The molecule has 20 heavy (non-hydrogen) atoms. The van der Waals surface area contributed by atoms with Crippen molar-refractivity contribution in [2.24, 2.45) is 0 Å². The molecule has 0 saturated heterocycles. The van der Waals surface area contributed by atoms with Gasteiger partial charge in [0.15, 0.2) is 0 Å². The highest BCUT2D eigenvalue weighted by molar-refractivity contribution is 7.99. The minimum absolute atomic E-state index is 0. The Labute approximate surface area is 132 Å². The first-order valence-electron chi connectivity index (χ1n) is 6.73. The molecule has 2 aromatic rings. The predicted octanol–water partition coefficient (Wildman–Crippen LogP) is 4.86. The second-order valence-electron chi connectivity index (χ2n) is 4.67. The molecule has 0 radical (unpaired) electrons. The van der Waals surface area contributed by atoms with Crippen LogP contribution in [0.15, 0.2) is 59.5 Å². The van der Waals surface area contributed by atoms with Crippen LogP contribution in [0.3, 0.4) is 0 Å². The molecule has 2 rings (SSSR count). The summed E-state index contributed by atoms with van der Waals surface area (Å²) in [5.74, 6) is 0. The molecule has 0 aliphatic heterocycles. The van der Waals surface area contributed by atoms with Gasteiger partial charge in [-0.1, -0.05) is 48.5 Å². The van der Waals surface area contributed by atoms with Crippen LogP contribution in [0.2, 0.25) is 0 Å². The molecule has 0 fully saturated rings. The molecular formula is C17H22ClNS. The average molecular weight is 308 g/mol. The van der Waals surface area contributed by atoms with Gasteiger partial charge in [0.25, 0.3) is 0 Å². The number of thioether (sulfide) groups is 1.